The van der Waals surface area contributed by atoms with E-state index in [1.165, 1.54) is 19.1 Å². The Bertz CT molecular complexity index is 562. The van der Waals surface area contributed by atoms with E-state index in [0.29, 0.717) is 4.47 Å². The molecule has 0 unspecified atom stereocenters. The number of hydrogen-bond acceptors (Lipinski definition) is 2. The van der Waals surface area contributed by atoms with Gasteiger partial charge in [-0.1, -0.05) is 18.5 Å². The van der Waals surface area contributed by atoms with E-state index in [1.54, 1.807) is 4.72 Å². The fourth-order valence-corrected chi connectivity index (χ4v) is 3.10. The molecule has 9 heteroatoms. The van der Waals surface area contributed by atoms with Crippen molar-refractivity contribution in [2.24, 2.45) is 0 Å². The molecule has 0 heterocycles. The van der Waals surface area contributed by atoms with Gasteiger partial charge in [0.05, 0.1) is 9.92 Å². The zero-order valence-corrected chi connectivity index (χ0v) is 12.8. The molecule has 0 aliphatic carbocycles. The Kier molecular flexibility index (Phi) is 5.28. The van der Waals surface area contributed by atoms with Gasteiger partial charge in [-0.2, -0.15) is 17.9 Å². The van der Waals surface area contributed by atoms with Crippen molar-refractivity contribution in [2.45, 2.75) is 30.5 Å². The van der Waals surface area contributed by atoms with E-state index in [1.807, 2.05) is 0 Å². The van der Waals surface area contributed by atoms with E-state index >= 15 is 0 Å². The molecule has 3 nitrogen and oxygen atoms in total. The Morgan fingerprint density at radius 3 is 2.42 bits per heavy atom. The van der Waals surface area contributed by atoms with Crippen molar-refractivity contribution in [2.75, 3.05) is 0 Å². The second kappa shape index (κ2) is 5.99. The molecule has 0 spiro atoms. The Morgan fingerprint density at radius 2 is 2.00 bits per heavy atom. The Morgan fingerprint density at radius 1 is 1.42 bits per heavy atom. The molecule has 1 rings (SSSR count). The molecule has 1 N–H and O–H groups in total. The molecule has 1 aromatic carbocycles. The molecule has 108 valence electrons. The quantitative estimate of drug-likeness (QED) is 0.865. The van der Waals surface area contributed by atoms with Gasteiger partial charge in [-0.05, 0) is 40.5 Å². The lowest BCUT2D eigenvalue weighted by Crippen LogP contribution is -2.44. The third kappa shape index (κ3) is 4.34. The van der Waals surface area contributed by atoms with Crippen molar-refractivity contribution in [1.82, 2.24) is 4.72 Å². The first kappa shape index (κ1) is 16.7. The molecule has 0 fully saturated rings. The minimum atomic E-state index is -4.64. The number of benzene rings is 1. The minimum Gasteiger partial charge on any atom is -0.207 e. The van der Waals surface area contributed by atoms with Crippen LogP contribution in [0.25, 0.3) is 0 Å². The summed E-state index contributed by atoms with van der Waals surface area (Å²) in [6.07, 6.45) is -5.03. The summed E-state index contributed by atoms with van der Waals surface area (Å²) in [4.78, 5) is -0.316. The zero-order valence-electron chi connectivity index (χ0n) is 9.63. The fraction of sp³-hybridized carbons (Fsp3) is 0.400. The van der Waals surface area contributed by atoms with Crippen LogP contribution < -0.4 is 4.72 Å². The second-order valence-corrected chi connectivity index (χ2v) is 6.68. The lowest BCUT2D eigenvalue weighted by Gasteiger charge is -2.20. The number of hydrogen-bond donors (Lipinski definition) is 1. The molecule has 0 radical (unpaired) electrons. The Balaban J connectivity index is 3.07. The third-order valence-corrected chi connectivity index (χ3v) is 5.00. The summed E-state index contributed by atoms with van der Waals surface area (Å²) >= 11 is 8.78. The number of alkyl halides is 3. The minimum absolute atomic E-state index is 0.0999. The monoisotopic (exact) mass is 379 g/mol. The molecule has 0 aliphatic rings. The van der Waals surface area contributed by atoms with Crippen LogP contribution in [0.5, 0.6) is 0 Å². The van der Waals surface area contributed by atoms with Crippen molar-refractivity contribution in [3.05, 3.63) is 27.7 Å². The molecule has 0 saturated carbocycles. The molecule has 1 aromatic rings. The molecular formula is C10H10BrClF3NO2S. The average Bonchev–Trinajstić information content (AvgIpc) is 2.28. The highest BCUT2D eigenvalue weighted by atomic mass is 79.9. The largest absolute Gasteiger partial charge is 0.404 e. The van der Waals surface area contributed by atoms with Gasteiger partial charge >= 0.3 is 6.18 Å². The van der Waals surface area contributed by atoms with Crippen LogP contribution in [-0.2, 0) is 10.0 Å². The number of nitrogens with one attached hydrogen (secondary N) is 1. The lowest BCUT2D eigenvalue weighted by molar-refractivity contribution is -0.151. The Hall–Kier alpha value is -0.310. The summed E-state index contributed by atoms with van der Waals surface area (Å²) in [6.45, 7) is 1.25. The maximum atomic E-state index is 12.5. The summed E-state index contributed by atoms with van der Waals surface area (Å²) in [6, 6.07) is 1.48. The first-order valence-corrected chi connectivity index (χ1v) is 7.77. The highest BCUT2D eigenvalue weighted by Gasteiger charge is 2.41. The van der Waals surface area contributed by atoms with Crippen molar-refractivity contribution in [1.29, 1.82) is 0 Å². The van der Waals surface area contributed by atoms with Crippen LogP contribution >= 0.6 is 27.5 Å². The van der Waals surface area contributed by atoms with E-state index in [2.05, 4.69) is 15.9 Å². The van der Waals surface area contributed by atoms with Crippen LogP contribution in [0.4, 0.5) is 13.2 Å². The summed E-state index contributed by atoms with van der Waals surface area (Å²) in [7, 11) is -4.27. The zero-order chi connectivity index (χ0) is 14.8. The van der Waals surface area contributed by atoms with Gasteiger partial charge in [-0.3, -0.25) is 0 Å². The fourth-order valence-electron chi connectivity index (χ4n) is 1.28. The molecule has 19 heavy (non-hydrogen) atoms. The highest BCUT2D eigenvalue weighted by molar-refractivity contribution is 9.10. The van der Waals surface area contributed by atoms with Crippen LogP contribution in [0.3, 0.4) is 0 Å². The van der Waals surface area contributed by atoms with Gasteiger partial charge < -0.3 is 0 Å². The highest BCUT2D eigenvalue weighted by Crippen LogP contribution is 2.27. The van der Waals surface area contributed by atoms with E-state index in [4.69, 9.17) is 11.6 Å². The van der Waals surface area contributed by atoms with E-state index in [9.17, 15) is 21.6 Å². The van der Waals surface area contributed by atoms with Crippen LogP contribution in [0.15, 0.2) is 27.6 Å². The summed E-state index contributed by atoms with van der Waals surface area (Å²) in [5, 5.41) is 0.0999. The molecular weight excluding hydrogens is 371 g/mol. The van der Waals surface area contributed by atoms with Crippen molar-refractivity contribution in [3.63, 3.8) is 0 Å². The number of halogens is 5. The molecule has 0 amide bonds. The van der Waals surface area contributed by atoms with E-state index in [0.717, 1.165) is 6.07 Å². The van der Waals surface area contributed by atoms with Crippen LogP contribution in [-0.4, -0.2) is 20.6 Å². The van der Waals surface area contributed by atoms with E-state index in [-0.39, 0.29) is 9.92 Å². The summed E-state index contributed by atoms with van der Waals surface area (Å²) in [5.74, 6) is 0. The Labute approximate surface area is 122 Å². The van der Waals surface area contributed by atoms with Gasteiger partial charge in [-0.25, -0.2) is 8.42 Å². The number of sulfonamides is 1. The van der Waals surface area contributed by atoms with Crippen molar-refractivity contribution in [3.8, 4) is 0 Å². The maximum Gasteiger partial charge on any atom is 0.404 e. The molecule has 0 saturated heterocycles. The SMILES string of the molecule is CC[C@H](NS(=O)(=O)c1ccc(Br)c(Cl)c1)C(F)(F)F. The molecule has 0 aromatic heterocycles. The maximum absolute atomic E-state index is 12.5. The summed E-state index contributed by atoms with van der Waals surface area (Å²) in [5.41, 5.74) is 0. The predicted molar refractivity (Wildman–Crippen MR) is 69.6 cm³/mol. The van der Waals surface area contributed by atoms with Gasteiger partial charge in [-0.15, -0.1) is 0 Å². The van der Waals surface area contributed by atoms with Crippen LogP contribution in [0.1, 0.15) is 13.3 Å². The van der Waals surface area contributed by atoms with Gasteiger partial charge in [0.2, 0.25) is 10.0 Å². The average molecular weight is 381 g/mol. The van der Waals surface area contributed by atoms with Gasteiger partial charge in [0.1, 0.15) is 6.04 Å². The van der Waals surface area contributed by atoms with Gasteiger partial charge in [0.25, 0.3) is 0 Å². The van der Waals surface area contributed by atoms with Crippen molar-refractivity contribution < 1.29 is 21.6 Å². The first-order valence-electron chi connectivity index (χ1n) is 5.12. The molecule has 0 aliphatic heterocycles. The van der Waals surface area contributed by atoms with Crippen LogP contribution in [0, 0.1) is 0 Å². The topological polar surface area (TPSA) is 46.2 Å². The standard InChI is InChI=1S/C10H10BrClF3NO2S/c1-2-9(10(13,14)15)16-19(17,18)6-3-4-7(11)8(12)5-6/h3-5,9,16H,2H2,1H3/t9-/m0/s1. The molecule has 1 atom stereocenters. The second-order valence-electron chi connectivity index (χ2n) is 3.70. The van der Waals surface area contributed by atoms with Gasteiger partial charge in [0, 0.05) is 4.47 Å². The van der Waals surface area contributed by atoms with E-state index < -0.39 is 28.7 Å². The normalized spacial score (nSPS) is 14.4. The van der Waals surface area contributed by atoms with Gasteiger partial charge in [0.15, 0.2) is 0 Å². The third-order valence-electron chi connectivity index (χ3n) is 2.30. The first-order chi connectivity index (χ1) is 8.58. The molecule has 0 bridgehead atoms. The summed E-state index contributed by atoms with van der Waals surface area (Å²) < 4.78 is 63.4. The predicted octanol–water partition coefficient (Wildman–Crippen LogP) is 3.72. The van der Waals surface area contributed by atoms with Crippen LogP contribution in [0.2, 0.25) is 5.02 Å². The number of rotatable bonds is 4. The van der Waals surface area contributed by atoms with Crippen molar-refractivity contribution >= 4 is 37.6 Å². The lowest BCUT2D eigenvalue weighted by atomic mass is 10.2. The smallest absolute Gasteiger partial charge is 0.207 e.